The van der Waals surface area contributed by atoms with Crippen LogP contribution in [-0.4, -0.2) is 44.2 Å². The summed E-state index contributed by atoms with van der Waals surface area (Å²) in [4.78, 5) is 2.40. The zero-order chi connectivity index (χ0) is 12.3. The zero-order valence-corrected chi connectivity index (χ0v) is 10.9. The van der Waals surface area contributed by atoms with Gasteiger partial charge in [0.2, 0.25) is 0 Å². The summed E-state index contributed by atoms with van der Waals surface area (Å²) in [6.07, 6.45) is 1.67. The van der Waals surface area contributed by atoms with E-state index in [1.807, 2.05) is 12.1 Å². The average Bonchev–Trinajstić information content (AvgIpc) is 2.86. The van der Waals surface area contributed by atoms with Crippen LogP contribution in [-0.2, 0) is 11.3 Å². The lowest BCUT2D eigenvalue weighted by Crippen LogP contribution is -2.33. The predicted molar refractivity (Wildman–Crippen MR) is 69.0 cm³/mol. The summed E-state index contributed by atoms with van der Waals surface area (Å²) in [6.45, 7) is 10.9. The topological polar surface area (TPSA) is 37.6 Å². The van der Waals surface area contributed by atoms with Gasteiger partial charge >= 0.3 is 0 Å². The number of likely N-dealkylation sites (N-methyl/N-ethyl adjacent to an activating group) is 1. The van der Waals surface area contributed by atoms with Gasteiger partial charge in [0, 0.05) is 19.6 Å². The van der Waals surface area contributed by atoms with Gasteiger partial charge in [-0.15, -0.1) is 0 Å². The third-order valence-corrected chi connectivity index (χ3v) is 2.75. The van der Waals surface area contributed by atoms with Gasteiger partial charge in [0.25, 0.3) is 0 Å². The van der Waals surface area contributed by atoms with E-state index in [2.05, 4.69) is 24.1 Å². The molecule has 0 amide bonds. The van der Waals surface area contributed by atoms with Gasteiger partial charge in [0.15, 0.2) is 0 Å². The van der Waals surface area contributed by atoms with Gasteiger partial charge in [-0.3, -0.25) is 0 Å². The standard InChI is InChI=1S/C13H24N2O2/c1-3-15(4-2)9-7-14-8-11-16-12-13-6-5-10-17-13/h5-6,10,14H,3-4,7-9,11-12H2,1-2H3. The summed E-state index contributed by atoms with van der Waals surface area (Å²) in [5, 5.41) is 3.37. The van der Waals surface area contributed by atoms with Crippen molar-refractivity contribution in [2.24, 2.45) is 0 Å². The van der Waals surface area contributed by atoms with Crippen molar-refractivity contribution in [3.8, 4) is 0 Å². The maximum absolute atomic E-state index is 5.47. The van der Waals surface area contributed by atoms with Crippen LogP contribution in [0.5, 0.6) is 0 Å². The molecule has 0 bridgehead atoms. The van der Waals surface area contributed by atoms with Crippen LogP contribution in [0.4, 0.5) is 0 Å². The van der Waals surface area contributed by atoms with Crippen LogP contribution in [0, 0.1) is 0 Å². The third-order valence-electron chi connectivity index (χ3n) is 2.75. The Labute approximate surface area is 104 Å². The second kappa shape index (κ2) is 9.22. The quantitative estimate of drug-likeness (QED) is 0.632. The van der Waals surface area contributed by atoms with Crippen LogP contribution in [0.25, 0.3) is 0 Å². The number of nitrogens with one attached hydrogen (secondary N) is 1. The fraction of sp³-hybridized carbons (Fsp3) is 0.692. The van der Waals surface area contributed by atoms with Crippen LogP contribution < -0.4 is 5.32 Å². The molecule has 1 N–H and O–H groups in total. The average molecular weight is 240 g/mol. The zero-order valence-electron chi connectivity index (χ0n) is 10.9. The van der Waals surface area contributed by atoms with Crippen LogP contribution >= 0.6 is 0 Å². The van der Waals surface area contributed by atoms with E-state index >= 15 is 0 Å². The Morgan fingerprint density at radius 1 is 1.29 bits per heavy atom. The minimum Gasteiger partial charge on any atom is -0.467 e. The van der Waals surface area contributed by atoms with Gasteiger partial charge in [0.05, 0.1) is 12.9 Å². The fourth-order valence-electron chi connectivity index (χ4n) is 1.61. The third kappa shape index (κ3) is 6.46. The summed E-state index contributed by atoms with van der Waals surface area (Å²) in [5.74, 6) is 0.883. The Morgan fingerprint density at radius 3 is 2.76 bits per heavy atom. The molecule has 1 aromatic heterocycles. The molecule has 0 aliphatic heterocycles. The van der Waals surface area contributed by atoms with E-state index in [-0.39, 0.29) is 0 Å². The minimum absolute atomic E-state index is 0.560. The number of hydrogen-bond acceptors (Lipinski definition) is 4. The van der Waals surface area contributed by atoms with Crippen molar-refractivity contribution in [2.45, 2.75) is 20.5 Å². The van der Waals surface area contributed by atoms with Crippen molar-refractivity contribution in [1.82, 2.24) is 10.2 Å². The summed E-state index contributed by atoms with van der Waals surface area (Å²) in [6, 6.07) is 3.80. The van der Waals surface area contributed by atoms with Gasteiger partial charge in [-0.2, -0.15) is 0 Å². The lowest BCUT2D eigenvalue weighted by molar-refractivity contribution is 0.107. The van der Waals surface area contributed by atoms with E-state index in [1.54, 1.807) is 6.26 Å². The van der Waals surface area contributed by atoms with E-state index in [4.69, 9.17) is 9.15 Å². The van der Waals surface area contributed by atoms with E-state index in [9.17, 15) is 0 Å². The summed E-state index contributed by atoms with van der Waals surface area (Å²) in [7, 11) is 0. The molecule has 0 aliphatic rings. The van der Waals surface area contributed by atoms with E-state index < -0.39 is 0 Å². The first-order valence-corrected chi connectivity index (χ1v) is 6.40. The molecular weight excluding hydrogens is 216 g/mol. The molecule has 98 valence electrons. The number of furan rings is 1. The maximum atomic E-state index is 5.47. The van der Waals surface area contributed by atoms with Gasteiger partial charge in [-0.1, -0.05) is 13.8 Å². The second-order valence-electron chi connectivity index (χ2n) is 3.91. The minimum atomic E-state index is 0.560. The number of rotatable bonds is 10. The molecule has 17 heavy (non-hydrogen) atoms. The molecule has 4 heteroatoms. The first kappa shape index (κ1) is 14.2. The molecule has 0 saturated heterocycles. The fourth-order valence-corrected chi connectivity index (χ4v) is 1.61. The van der Waals surface area contributed by atoms with Crippen molar-refractivity contribution >= 4 is 0 Å². The van der Waals surface area contributed by atoms with E-state index in [0.29, 0.717) is 6.61 Å². The highest BCUT2D eigenvalue weighted by Gasteiger charge is 1.98. The van der Waals surface area contributed by atoms with Gasteiger partial charge in [-0.05, 0) is 25.2 Å². The lowest BCUT2D eigenvalue weighted by Gasteiger charge is -2.17. The molecule has 0 radical (unpaired) electrons. The first-order chi connectivity index (χ1) is 8.36. The normalized spacial score (nSPS) is 11.2. The molecule has 0 aromatic carbocycles. The highest BCUT2D eigenvalue weighted by Crippen LogP contribution is 2.00. The molecule has 1 aromatic rings. The molecule has 0 atom stereocenters. The van der Waals surface area contributed by atoms with Crippen LogP contribution in [0.1, 0.15) is 19.6 Å². The van der Waals surface area contributed by atoms with Crippen LogP contribution in [0.3, 0.4) is 0 Å². The Morgan fingerprint density at radius 2 is 2.12 bits per heavy atom. The molecule has 0 aliphatic carbocycles. The van der Waals surface area contributed by atoms with Crippen molar-refractivity contribution in [1.29, 1.82) is 0 Å². The maximum Gasteiger partial charge on any atom is 0.129 e. The van der Waals surface area contributed by atoms with E-state index in [1.165, 1.54) is 0 Å². The SMILES string of the molecule is CCN(CC)CCNCCOCc1ccco1. The highest BCUT2D eigenvalue weighted by molar-refractivity contribution is 4.95. The number of nitrogens with zero attached hydrogens (tertiary/aromatic N) is 1. The van der Waals surface area contributed by atoms with Crippen molar-refractivity contribution in [3.63, 3.8) is 0 Å². The summed E-state index contributed by atoms with van der Waals surface area (Å²) >= 11 is 0. The number of ether oxygens (including phenoxy) is 1. The number of hydrogen-bond donors (Lipinski definition) is 1. The Bertz CT molecular complexity index is 258. The Balaban J connectivity index is 1.87. The summed E-state index contributed by atoms with van der Waals surface area (Å²) in [5.41, 5.74) is 0. The molecule has 4 nitrogen and oxygen atoms in total. The molecule has 0 spiro atoms. The predicted octanol–water partition coefficient (Wildman–Crippen LogP) is 1.73. The molecule has 0 saturated carbocycles. The molecule has 0 fully saturated rings. The first-order valence-electron chi connectivity index (χ1n) is 6.40. The van der Waals surface area contributed by atoms with E-state index in [0.717, 1.165) is 45.1 Å². The molecule has 1 rings (SSSR count). The highest BCUT2D eigenvalue weighted by atomic mass is 16.5. The van der Waals surface area contributed by atoms with Crippen molar-refractivity contribution in [3.05, 3.63) is 24.2 Å². The van der Waals surface area contributed by atoms with Crippen LogP contribution in [0.2, 0.25) is 0 Å². The van der Waals surface area contributed by atoms with Gasteiger partial charge in [-0.25, -0.2) is 0 Å². The Hall–Kier alpha value is -0.840. The van der Waals surface area contributed by atoms with Crippen molar-refractivity contribution < 1.29 is 9.15 Å². The Kier molecular flexibility index (Phi) is 7.71. The second-order valence-corrected chi connectivity index (χ2v) is 3.91. The van der Waals surface area contributed by atoms with Crippen molar-refractivity contribution in [2.75, 3.05) is 39.3 Å². The molecular formula is C13H24N2O2. The molecule has 0 unspecified atom stereocenters. The van der Waals surface area contributed by atoms with Gasteiger partial charge in [0.1, 0.15) is 12.4 Å². The lowest BCUT2D eigenvalue weighted by atomic mass is 10.4. The van der Waals surface area contributed by atoms with Crippen LogP contribution in [0.15, 0.2) is 22.8 Å². The van der Waals surface area contributed by atoms with Gasteiger partial charge < -0.3 is 19.4 Å². The molecule has 1 heterocycles. The summed E-state index contributed by atoms with van der Waals surface area (Å²) < 4.78 is 10.6. The largest absolute Gasteiger partial charge is 0.467 e. The monoisotopic (exact) mass is 240 g/mol. The smallest absolute Gasteiger partial charge is 0.129 e.